The third-order valence-corrected chi connectivity index (χ3v) is 5.29. The van der Waals surface area contributed by atoms with Crippen LogP contribution in [0.4, 0.5) is 0 Å². The molecule has 1 amide bonds. The molecule has 4 unspecified atom stereocenters. The lowest BCUT2D eigenvalue weighted by Gasteiger charge is -2.48. The largest absolute Gasteiger partial charge is 0.481 e. The summed E-state index contributed by atoms with van der Waals surface area (Å²) in [7, 11) is 0. The Hall–Kier alpha value is -2.95. The maximum Gasteiger partial charge on any atom is 0.307 e. The number of benzene rings is 2. The monoisotopic (exact) mass is 321 g/mol. The van der Waals surface area contributed by atoms with Gasteiger partial charge in [0.1, 0.15) is 0 Å². The Balaban J connectivity index is 2.01. The van der Waals surface area contributed by atoms with E-state index in [1.807, 2.05) is 0 Å². The molecule has 0 aliphatic heterocycles. The first kappa shape index (κ1) is 14.6. The molecule has 0 heterocycles. The predicted octanol–water partition coefficient (Wildman–Crippen LogP) is 1.91. The van der Waals surface area contributed by atoms with Gasteiger partial charge in [-0.15, -0.1) is 0 Å². The molecular weight excluding hydrogens is 306 g/mol. The average molecular weight is 321 g/mol. The van der Waals surface area contributed by atoms with Crippen molar-refractivity contribution < 1.29 is 19.5 Å². The zero-order valence-corrected chi connectivity index (χ0v) is 12.7. The number of carbonyl (C=O) groups is 3. The molecule has 2 aliphatic carbocycles. The maximum absolute atomic E-state index is 12.9. The zero-order valence-electron chi connectivity index (χ0n) is 12.7. The molecule has 5 heteroatoms. The van der Waals surface area contributed by atoms with Gasteiger partial charge in [-0.1, -0.05) is 48.5 Å². The number of fused-ring (bicyclic) bond motifs is 5. The van der Waals surface area contributed by atoms with E-state index >= 15 is 0 Å². The van der Waals surface area contributed by atoms with Crippen molar-refractivity contribution in [2.75, 3.05) is 0 Å². The fourth-order valence-corrected chi connectivity index (χ4v) is 4.32. The Morgan fingerprint density at radius 1 is 0.833 bits per heavy atom. The van der Waals surface area contributed by atoms with Gasteiger partial charge >= 0.3 is 5.97 Å². The van der Waals surface area contributed by atoms with E-state index in [9.17, 15) is 19.5 Å². The van der Waals surface area contributed by atoms with E-state index in [-0.39, 0.29) is 11.7 Å². The first-order valence-electron chi connectivity index (χ1n) is 7.77. The molecule has 0 radical (unpaired) electrons. The molecule has 5 nitrogen and oxygen atoms in total. The quantitative estimate of drug-likeness (QED) is 0.883. The number of carboxylic acid groups (broad SMARTS) is 1. The number of carboxylic acids is 1. The van der Waals surface area contributed by atoms with Crippen LogP contribution in [0.2, 0.25) is 0 Å². The number of amides is 1. The molecule has 2 aliphatic rings. The summed E-state index contributed by atoms with van der Waals surface area (Å²) in [6.07, 6.45) is 0. The van der Waals surface area contributed by atoms with Crippen LogP contribution in [0, 0.1) is 11.8 Å². The van der Waals surface area contributed by atoms with E-state index in [1.54, 1.807) is 48.5 Å². The average Bonchev–Trinajstić information content (AvgIpc) is 2.60. The number of rotatable bonds is 2. The third kappa shape index (κ3) is 1.78. The highest BCUT2D eigenvalue weighted by atomic mass is 16.4. The predicted molar refractivity (Wildman–Crippen MR) is 85.6 cm³/mol. The van der Waals surface area contributed by atoms with E-state index in [2.05, 4.69) is 0 Å². The molecule has 120 valence electrons. The van der Waals surface area contributed by atoms with Crippen LogP contribution < -0.4 is 5.73 Å². The lowest BCUT2D eigenvalue weighted by molar-refractivity contribution is -0.155. The molecule has 1 fully saturated rings. The SMILES string of the molecule is NC(=O)C1C(C(=O)O)C2c3ccccc3C(=O)c3ccccc3C12. The zero-order chi connectivity index (χ0) is 17.0. The van der Waals surface area contributed by atoms with Crippen LogP contribution >= 0.6 is 0 Å². The highest BCUT2D eigenvalue weighted by Crippen LogP contribution is 2.60. The molecule has 3 N–H and O–H groups in total. The van der Waals surface area contributed by atoms with Crippen LogP contribution in [0.3, 0.4) is 0 Å². The minimum Gasteiger partial charge on any atom is -0.481 e. The van der Waals surface area contributed by atoms with E-state index in [4.69, 9.17) is 5.73 Å². The summed E-state index contributed by atoms with van der Waals surface area (Å²) < 4.78 is 0. The summed E-state index contributed by atoms with van der Waals surface area (Å²) in [5.41, 5.74) is 7.94. The number of aliphatic carboxylic acids is 1. The molecule has 2 aromatic rings. The molecule has 1 saturated carbocycles. The summed E-state index contributed by atoms with van der Waals surface area (Å²) in [5.74, 6) is -4.36. The number of ketones is 1. The maximum atomic E-state index is 12.9. The number of nitrogens with two attached hydrogens (primary N) is 1. The lowest BCUT2D eigenvalue weighted by Crippen LogP contribution is -2.53. The van der Waals surface area contributed by atoms with Crippen molar-refractivity contribution in [2.45, 2.75) is 11.8 Å². The Bertz CT molecular complexity index is 817. The Morgan fingerprint density at radius 2 is 1.29 bits per heavy atom. The Morgan fingerprint density at radius 3 is 1.75 bits per heavy atom. The van der Waals surface area contributed by atoms with Crippen LogP contribution in [0.1, 0.15) is 38.9 Å². The molecule has 24 heavy (non-hydrogen) atoms. The summed E-state index contributed by atoms with van der Waals surface area (Å²) in [5, 5.41) is 9.63. The van der Waals surface area contributed by atoms with Crippen molar-refractivity contribution >= 4 is 17.7 Å². The van der Waals surface area contributed by atoms with Crippen LogP contribution in [0.15, 0.2) is 48.5 Å². The van der Waals surface area contributed by atoms with Gasteiger partial charge in [-0.3, -0.25) is 14.4 Å². The molecule has 2 aromatic carbocycles. The van der Waals surface area contributed by atoms with Crippen LogP contribution in [0.5, 0.6) is 0 Å². The van der Waals surface area contributed by atoms with Crippen LogP contribution in [-0.2, 0) is 9.59 Å². The van der Waals surface area contributed by atoms with Gasteiger partial charge in [-0.2, -0.15) is 0 Å². The van der Waals surface area contributed by atoms with Gasteiger partial charge in [0, 0.05) is 23.0 Å². The molecule has 4 atom stereocenters. The van der Waals surface area contributed by atoms with Gasteiger partial charge < -0.3 is 10.8 Å². The number of hydrogen-bond donors (Lipinski definition) is 2. The Kier molecular flexibility index (Phi) is 3.06. The van der Waals surface area contributed by atoms with Crippen molar-refractivity contribution in [3.8, 4) is 0 Å². The van der Waals surface area contributed by atoms with Crippen LogP contribution in [0.25, 0.3) is 0 Å². The fraction of sp³-hybridized carbons (Fsp3) is 0.211. The highest BCUT2D eigenvalue weighted by Gasteiger charge is 2.60. The minimum absolute atomic E-state index is 0.136. The normalized spacial score (nSPS) is 27.1. The van der Waals surface area contributed by atoms with Crippen LogP contribution in [-0.4, -0.2) is 22.8 Å². The van der Waals surface area contributed by atoms with Crippen molar-refractivity contribution in [1.29, 1.82) is 0 Å². The second-order valence-electron chi connectivity index (χ2n) is 6.35. The molecule has 0 aromatic heterocycles. The van der Waals surface area contributed by atoms with Gasteiger partial charge in [-0.25, -0.2) is 0 Å². The minimum atomic E-state index is -1.05. The van der Waals surface area contributed by atoms with E-state index < -0.39 is 29.6 Å². The molecular formula is C19H15NO4. The summed E-state index contributed by atoms with van der Waals surface area (Å²) in [6, 6.07) is 14.1. The second kappa shape index (κ2) is 5.03. The van der Waals surface area contributed by atoms with Crippen molar-refractivity contribution in [2.24, 2.45) is 17.6 Å². The van der Waals surface area contributed by atoms with E-state index in [0.717, 1.165) is 0 Å². The standard InChI is InChI=1S/C19H15NO4/c20-18(22)15-13-9-5-1-3-7-11(9)17(21)12-8-4-2-6-10(12)14(13)16(15)19(23)24/h1-8,13-16H,(H2,20,22)(H,23,24). The second-order valence-corrected chi connectivity index (χ2v) is 6.35. The highest BCUT2D eigenvalue weighted by molar-refractivity contribution is 6.12. The first-order chi connectivity index (χ1) is 11.5. The molecule has 0 spiro atoms. The first-order valence-corrected chi connectivity index (χ1v) is 7.77. The van der Waals surface area contributed by atoms with Crippen molar-refractivity contribution in [1.82, 2.24) is 0 Å². The number of hydrogen-bond acceptors (Lipinski definition) is 3. The molecule has 0 bridgehead atoms. The van der Waals surface area contributed by atoms with E-state index in [1.165, 1.54) is 0 Å². The van der Waals surface area contributed by atoms with Gasteiger partial charge in [0.25, 0.3) is 0 Å². The van der Waals surface area contributed by atoms with Gasteiger partial charge in [0.05, 0.1) is 11.8 Å². The van der Waals surface area contributed by atoms with Gasteiger partial charge in [-0.05, 0) is 11.1 Å². The van der Waals surface area contributed by atoms with Crippen molar-refractivity contribution in [3.63, 3.8) is 0 Å². The van der Waals surface area contributed by atoms with E-state index in [0.29, 0.717) is 22.3 Å². The number of primary amides is 1. The fourth-order valence-electron chi connectivity index (χ4n) is 4.32. The molecule has 0 saturated heterocycles. The van der Waals surface area contributed by atoms with Gasteiger partial charge in [0.2, 0.25) is 5.91 Å². The smallest absolute Gasteiger partial charge is 0.307 e. The third-order valence-electron chi connectivity index (χ3n) is 5.29. The Labute approximate surface area is 138 Å². The lowest BCUT2D eigenvalue weighted by atomic mass is 9.52. The number of carbonyl (C=O) groups excluding carboxylic acids is 2. The topological polar surface area (TPSA) is 97.5 Å². The summed E-state index contributed by atoms with van der Waals surface area (Å²) in [4.78, 5) is 36.7. The molecule has 4 rings (SSSR count). The van der Waals surface area contributed by atoms with Crippen molar-refractivity contribution in [3.05, 3.63) is 70.8 Å². The summed E-state index contributed by atoms with van der Waals surface area (Å²) in [6.45, 7) is 0. The summed E-state index contributed by atoms with van der Waals surface area (Å²) >= 11 is 0. The van der Waals surface area contributed by atoms with Gasteiger partial charge in [0.15, 0.2) is 5.78 Å².